The van der Waals surface area contributed by atoms with E-state index in [-0.39, 0.29) is 130 Å². The van der Waals surface area contributed by atoms with Crippen molar-refractivity contribution in [3.63, 3.8) is 0 Å². The molecule has 0 heterocycles. The van der Waals surface area contributed by atoms with Gasteiger partial charge >= 0.3 is 108 Å². The Morgan fingerprint density at radius 2 is 0.833 bits per heavy atom. The van der Waals surface area contributed by atoms with Gasteiger partial charge < -0.3 is 11.0 Å². The van der Waals surface area contributed by atoms with E-state index in [9.17, 15) is 0 Å². The fraction of sp³-hybridized carbons (Fsp3) is 0. The summed E-state index contributed by atoms with van der Waals surface area (Å²) >= 11 is 0. The topological polar surface area (TPSA) is 57.0 Å². The van der Waals surface area contributed by atoms with Gasteiger partial charge in [0.2, 0.25) is 0 Å². The third-order valence-electron chi connectivity index (χ3n) is 0. The summed E-state index contributed by atoms with van der Waals surface area (Å²) < 4.78 is 0. The molecule has 0 aliphatic heterocycles. The van der Waals surface area contributed by atoms with Crippen LogP contribution in [0.3, 0.4) is 0 Å². The third-order valence-corrected chi connectivity index (χ3v) is 0. The van der Waals surface area contributed by atoms with Gasteiger partial charge in [0.25, 0.3) is 0 Å². The number of hydrogen-bond donors (Lipinski definition) is 0. The molecule has 0 unspecified atom stereocenters. The zero-order chi connectivity index (χ0) is 0. The Morgan fingerprint density at radius 3 is 0.833 bits per heavy atom. The van der Waals surface area contributed by atoms with Crippen LogP contribution in [0.15, 0.2) is 0 Å². The molecule has 0 aromatic carbocycles. The van der Waals surface area contributed by atoms with Crippen LogP contribution < -0.4 is 0 Å². The molecule has 2 nitrogen and oxygen atoms in total. The molecule has 0 atom stereocenters. The van der Waals surface area contributed by atoms with E-state index < -0.39 is 0 Å². The van der Waals surface area contributed by atoms with Crippen molar-refractivity contribution in [2.45, 2.75) is 0 Å². The molecule has 0 saturated heterocycles. The maximum atomic E-state index is 0. The molecule has 0 saturated carbocycles. The first kappa shape index (κ1) is 53.8. The molecule has 0 fully saturated rings. The maximum absolute atomic E-state index is 0. The standard InChI is InChI=1S/Ba.Ca.2O.H4Si.Ti.4H/h;;;;1H4;;;;;/q;;2*-2;;+4;;;;. The molecular weight excluding hydrogens is 285 g/mol. The minimum absolute atomic E-state index is 0. The molecule has 0 aromatic heterocycles. The summed E-state index contributed by atoms with van der Waals surface area (Å²) in [7, 11) is 0. The van der Waals surface area contributed by atoms with E-state index in [2.05, 4.69) is 0 Å². The zero-order valence-electron chi connectivity index (χ0n) is 1.32. The Kier molecular flexibility index (Phi) is 339. The molecule has 6 heavy (non-hydrogen) atoms. The Bertz CT molecular complexity index is 13.5. The van der Waals surface area contributed by atoms with Crippen LogP contribution in [0.2, 0.25) is 0 Å². The quantitative estimate of drug-likeness (QED) is 0.416. The van der Waals surface area contributed by atoms with Crippen LogP contribution in [0.1, 0.15) is 0 Å². The minimum atomic E-state index is 0. The van der Waals surface area contributed by atoms with E-state index in [4.69, 9.17) is 0 Å². The number of rotatable bonds is 0. The summed E-state index contributed by atoms with van der Waals surface area (Å²) in [6.45, 7) is 0. The van der Waals surface area contributed by atoms with Gasteiger partial charge in [0.05, 0.1) is 0 Å². The van der Waals surface area contributed by atoms with Crippen molar-refractivity contribution in [1.82, 2.24) is 0 Å². The van der Waals surface area contributed by atoms with E-state index in [0.717, 1.165) is 0 Å². The average Bonchev–Trinajstić information content (AvgIpc) is 0. The second-order valence-corrected chi connectivity index (χ2v) is 0. The molecule has 0 spiro atoms. The van der Waals surface area contributed by atoms with Gasteiger partial charge in [-0.2, -0.15) is 0 Å². The first-order chi connectivity index (χ1) is 0. The van der Waals surface area contributed by atoms with Gasteiger partial charge in [-0.05, 0) is 11.0 Å². The molecule has 0 amide bonds. The molecule has 0 rings (SSSR count). The van der Waals surface area contributed by atoms with Crippen LogP contribution in [0.4, 0.5) is 0 Å². The fourth-order valence-corrected chi connectivity index (χ4v) is 0. The van der Waals surface area contributed by atoms with Crippen LogP contribution >= 0.6 is 0 Å². The van der Waals surface area contributed by atoms with Gasteiger partial charge in [-0.15, -0.1) is 0 Å². The molecule has 0 aliphatic rings. The van der Waals surface area contributed by atoms with Crippen LogP contribution in [0.25, 0.3) is 0 Å². The SMILES string of the molecule is [BaH2].[CaH2].[O-2].[O-2].[SiH4].[Ti+4]. The van der Waals surface area contributed by atoms with Crippen molar-refractivity contribution < 1.29 is 32.7 Å². The molecule has 0 bridgehead atoms. The first-order valence-corrected chi connectivity index (χ1v) is 0. The van der Waals surface area contributed by atoms with Crippen molar-refractivity contribution >= 4 is 97.6 Å². The van der Waals surface area contributed by atoms with Gasteiger partial charge in [-0.1, -0.05) is 0 Å². The Hall–Kier alpha value is 3.68. The van der Waals surface area contributed by atoms with Crippen LogP contribution in [0, 0.1) is 0 Å². The van der Waals surface area contributed by atoms with E-state index >= 15 is 0 Å². The minimum Gasteiger partial charge on any atom is -2.00 e. The van der Waals surface area contributed by atoms with Crippen molar-refractivity contribution in [1.29, 1.82) is 0 Å². The van der Waals surface area contributed by atoms with Gasteiger partial charge in [0, 0.05) is 0 Å². The van der Waals surface area contributed by atoms with Gasteiger partial charge in [0.1, 0.15) is 0 Å². The second kappa shape index (κ2) is 37.8. The van der Waals surface area contributed by atoms with Crippen LogP contribution in [-0.4, -0.2) is 97.6 Å². The predicted octanol–water partition coefficient (Wildman–Crippen LogP) is -3.52. The average molecular weight is 293 g/mol. The summed E-state index contributed by atoms with van der Waals surface area (Å²) in [5.74, 6) is 0. The summed E-state index contributed by atoms with van der Waals surface area (Å²) in [5.41, 5.74) is 0. The van der Waals surface area contributed by atoms with Crippen molar-refractivity contribution in [2.24, 2.45) is 0 Å². The molecule has 6 heteroatoms. The molecule has 32 valence electrons. The largest absolute Gasteiger partial charge is 4.00 e. The van der Waals surface area contributed by atoms with E-state index in [0.29, 0.717) is 0 Å². The maximum Gasteiger partial charge on any atom is 4.00 e. The Balaban J connectivity index is 0. The molecule has 0 aliphatic carbocycles. The third kappa shape index (κ3) is 25.3. The van der Waals surface area contributed by atoms with E-state index in [1.165, 1.54) is 0 Å². The zero-order valence-corrected chi connectivity index (χ0v) is 2.88. The van der Waals surface area contributed by atoms with Crippen molar-refractivity contribution in [2.75, 3.05) is 0 Å². The number of hydrogen-bond acceptors (Lipinski definition) is 0. The van der Waals surface area contributed by atoms with Gasteiger partial charge in [0.15, 0.2) is 0 Å². The second-order valence-electron chi connectivity index (χ2n) is 0. The Labute approximate surface area is 127 Å². The summed E-state index contributed by atoms with van der Waals surface area (Å²) in [6, 6.07) is 0. The van der Waals surface area contributed by atoms with Crippen LogP contribution in [0.5, 0.6) is 0 Å². The van der Waals surface area contributed by atoms with Crippen LogP contribution in [-0.2, 0) is 32.7 Å². The predicted molar refractivity (Wildman–Crippen MR) is 29.8 cm³/mol. The van der Waals surface area contributed by atoms with E-state index in [1.54, 1.807) is 0 Å². The van der Waals surface area contributed by atoms with E-state index in [1.807, 2.05) is 0 Å². The smallest absolute Gasteiger partial charge is 2.00 e. The molecular formula is H8BaCaO2SiTi. The first-order valence-electron chi connectivity index (χ1n) is 0. The summed E-state index contributed by atoms with van der Waals surface area (Å²) in [5, 5.41) is 0. The summed E-state index contributed by atoms with van der Waals surface area (Å²) in [6.07, 6.45) is 0. The van der Waals surface area contributed by atoms with Gasteiger partial charge in [-0.3, -0.25) is 0 Å². The Morgan fingerprint density at radius 1 is 0.833 bits per heavy atom. The molecule has 0 radical (unpaired) electrons. The normalized spacial score (nSPS) is 0. The summed E-state index contributed by atoms with van der Waals surface area (Å²) in [4.78, 5) is 0. The fourth-order valence-electron chi connectivity index (χ4n) is 0. The molecule has 0 N–H and O–H groups in total. The van der Waals surface area contributed by atoms with Gasteiger partial charge in [-0.25, -0.2) is 0 Å². The molecule has 0 aromatic rings. The van der Waals surface area contributed by atoms with Crippen molar-refractivity contribution in [3.05, 3.63) is 0 Å². The van der Waals surface area contributed by atoms with Crippen molar-refractivity contribution in [3.8, 4) is 0 Å². The monoisotopic (exact) mass is 294 g/mol.